The summed E-state index contributed by atoms with van der Waals surface area (Å²) in [5.74, 6) is 0.603. The molecule has 17 heavy (non-hydrogen) atoms. The van der Waals surface area contributed by atoms with Gasteiger partial charge in [-0.3, -0.25) is 9.36 Å². The zero-order valence-corrected chi connectivity index (χ0v) is 11.4. The van der Waals surface area contributed by atoms with Crippen LogP contribution in [0.5, 0.6) is 0 Å². The molecule has 2 aromatic rings. The fourth-order valence-corrected chi connectivity index (χ4v) is 2.67. The number of rotatable bonds is 4. The summed E-state index contributed by atoms with van der Waals surface area (Å²) >= 11 is 1.62. The fourth-order valence-electron chi connectivity index (χ4n) is 1.74. The number of nitrogens with zero attached hydrogens (tertiary/aromatic N) is 2. The van der Waals surface area contributed by atoms with Gasteiger partial charge in [0, 0.05) is 11.4 Å². The first kappa shape index (κ1) is 12.3. The van der Waals surface area contributed by atoms with Crippen molar-refractivity contribution in [2.24, 2.45) is 5.92 Å². The van der Waals surface area contributed by atoms with Gasteiger partial charge in [0.15, 0.2) is 0 Å². The van der Waals surface area contributed by atoms with E-state index in [1.807, 2.05) is 6.07 Å². The number of hydrogen-bond donors (Lipinski definition) is 0. The molecular weight excluding hydrogens is 232 g/mol. The maximum absolute atomic E-state index is 12.2. The van der Waals surface area contributed by atoms with Crippen molar-refractivity contribution >= 4 is 21.6 Å². The quantitative estimate of drug-likeness (QED) is 0.836. The lowest BCUT2D eigenvalue weighted by Crippen LogP contribution is -2.20. The summed E-state index contributed by atoms with van der Waals surface area (Å²) in [6.45, 7) is 7.19. The Morgan fingerprint density at radius 1 is 1.47 bits per heavy atom. The Bertz CT molecular complexity index is 568. The fraction of sp³-hybridized carbons (Fsp3) is 0.538. The van der Waals surface area contributed by atoms with Gasteiger partial charge in [0.25, 0.3) is 5.56 Å². The second-order valence-electron chi connectivity index (χ2n) is 4.71. The number of fused-ring (bicyclic) bond motifs is 1. The molecule has 0 bridgehead atoms. The Morgan fingerprint density at radius 3 is 2.88 bits per heavy atom. The average molecular weight is 250 g/mol. The van der Waals surface area contributed by atoms with Crippen molar-refractivity contribution in [3.05, 3.63) is 27.6 Å². The van der Waals surface area contributed by atoms with Crippen molar-refractivity contribution < 1.29 is 0 Å². The van der Waals surface area contributed by atoms with Gasteiger partial charge < -0.3 is 0 Å². The van der Waals surface area contributed by atoms with Gasteiger partial charge in [-0.05, 0) is 24.8 Å². The minimum Gasteiger partial charge on any atom is -0.299 e. The highest BCUT2D eigenvalue weighted by Crippen LogP contribution is 2.21. The molecule has 3 nitrogen and oxygen atoms in total. The highest BCUT2D eigenvalue weighted by atomic mass is 32.1. The summed E-state index contributed by atoms with van der Waals surface area (Å²) < 4.78 is 1.73. The van der Waals surface area contributed by atoms with Crippen LogP contribution in [-0.2, 0) is 13.0 Å². The zero-order chi connectivity index (χ0) is 12.4. The molecule has 0 N–H and O–H groups in total. The van der Waals surface area contributed by atoms with Crippen LogP contribution in [0.1, 0.15) is 32.1 Å². The lowest BCUT2D eigenvalue weighted by Gasteiger charge is -2.06. The van der Waals surface area contributed by atoms with E-state index in [1.54, 1.807) is 22.2 Å². The van der Waals surface area contributed by atoms with E-state index >= 15 is 0 Å². The van der Waals surface area contributed by atoms with Gasteiger partial charge in [-0.15, -0.1) is 11.3 Å². The number of thiophene rings is 1. The minimum atomic E-state index is 0.103. The van der Waals surface area contributed by atoms with Gasteiger partial charge in [0.05, 0.1) is 11.7 Å². The van der Waals surface area contributed by atoms with Crippen LogP contribution < -0.4 is 5.56 Å². The van der Waals surface area contributed by atoms with Crippen molar-refractivity contribution in [1.29, 1.82) is 0 Å². The predicted molar refractivity (Wildman–Crippen MR) is 72.7 cm³/mol. The SMILES string of the molecule is CCc1cc2c(=O)n(CCC(C)C)cnc2s1. The van der Waals surface area contributed by atoms with Crippen molar-refractivity contribution in [3.63, 3.8) is 0 Å². The van der Waals surface area contributed by atoms with Gasteiger partial charge in [-0.2, -0.15) is 0 Å². The molecule has 0 saturated carbocycles. The molecule has 4 heteroatoms. The molecule has 0 unspecified atom stereocenters. The third-order valence-electron chi connectivity index (χ3n) is 2.86. The lowest BCUT2D eigenvalue weighted by atomic mass is 10.1. The maximum Gasteiger partial charge on any atom is 0.262 e. The van der Waals surface area contributed by atoms with Crippen LogP contribution in [0.4, 0.5) is 0 Å². The smallest absolute Gasteiger partial charge is 0.262 e. The summed E-state index contributed by atoms with van der Waals surface area (Å²) in [6.07, 6.45) is 3.66. The first-order chi connectivity index (χ1) is 8.11. The number of hydrogen-bond acceptors (Lipinski definition) is 3. The topological polar surface area (TPSA) is 34.9 Å². The summed E-state index contributed by atoms with van der Waals surface area (Å²) in [5, 5.41) is 0.776. The largest absolute Gasteiger partial charge is 0.299 e. The van der Waals surface area contributed by atoms with Gasteiger partial charge in [0.2, 0.25) is 0 Å². The number of aromatic nitrogens is 2. The molecular formula is C13H18N2OS. The van der Waals surface area contributed by atoms with Crippen LogP contribution in [-0.4, -0.2) is 9.55 Å². The molecule has 2 rings (SSSR count). The van der Waals surface area contributed by atoms with Crippen LogP contribution >= 0.6 is 11.3 Å². The van der Waals surface area contributed by atoms with Gasteiger partial charge in [-0.1, -0.05) is 20.8 Å². The molecule has 0 aromatic carbocycles. The Balaban J connectivity index is 2.39. The molecule has 0 saturated heterocycles. The third-order valence-corrected chi connectivity index (χ3v) is 4.05. The molecule has 2 heterocycles. The van der Waals surface area contributed by atoms with Gasteiger partial charge >= 0.3 is 0 Å². The van der Waals surface area contributed by atoms with E-state index in [1.165, 1.54) is 4.88 Å². The minimum absolute atomic E-state index is 0.103. The average Bonchev–Trinajstić information content (AvgIpc) is 2.72. The molecule has 0 atom stereocenters. The van der Waals surface area contributed by atoms with Crippen molar-refractivity contribution in [3.8, 4) is 0 Å². The van der Waals surface area contributed by atoms with Crippen LogP contribution in [0, 0.1) is 5.92 Å². The monoisotopic (exact) mass is 250 g/mol. The standard InChI is InChI=1S/C13H18N2OS/c1-4-10-7-11-12(17-10)14-8-15(13(11)16)6-5-9(2)3/h7-9H,4-6H2,1-3H3. The molecule has 0 aliphatic carbocycles. The maximum atomic E-state index is 12.2. The van der Waals surface area contributed by atoms with E-state index in [2.05, 4.69) is 25.8 Å². The first-order valence-corrected chi connectivity index (χ1v) is 6.91. The highest BCUT2D eigenvalue weighted by molar-refractivity contribution is 7.18. The predicted octanol–water partition coefficient (Wildman–Crippen LogP) is 3.07. The Hall–Kier alpha value is -1.16. The van der Waals surface area contributed by atoms with Crippen LogP contribution in [0.25, 0.3) is 10.2 Å². The second-order valence-corrected chi connectivity index (χ2v) is 5.83. The van der Waals surface area contributed by atoms with Crippen LogP contribution in [0.2, 0.25) is 0 Å². The molecule has 92 valence electrons. The van der Waals surface area contributed by atoms with Crippen LogP contribution in [0.15, 0.2) is 17.2 Å². The summed E-state index contributed by atoms with van der Waals surface area (Å²) in [6, 6.07) is 1.99. The molecule has 0 radical (unpaired) electrons. The van der Waals surface area contributed by atoms with Gasteiger partial charge in [0.1, 0.15) is 4.83 Å². The zero-order valence-electron chi connectivity index (χ0n) is 10.6. The summed E-state index contributed by atoms with van der Waals surface area (Å²) in [5.41, 5.74) is 0.103. The van der Waals surface area contributed by atoms with Gasteiger partial charge in [-0.25, -0.2) is 4.98 Å². The van der Waals surface area contributed by atoms with Crippen LogP contribution in [0.3, 0.4) is 0 Å². The number of aryl methyl sites for hydroxylation is 2. The second kappa shape index (κ2) is 5.00. The molecule has 0 amide bonds. The Kier molecular flexibility index (Phi) is 3.62. The van der Waals surface area contributed by atoms with Crippen molar-refractivity contribution in [1.82, 2.24) is 9.55 Å². The molecule has 0 aliphatic rings. The Labute approximate surface area is 105 Å². The van der Waals surface area contributed by atoms with E-state index < -0.39 is 0 Å². The summed E-state index contributed by atoms with van der Waals surface area (Å²) in [4.78, 5) is 18.7. The van der Waals surface area contributed by atoms with Crippen molar-refractivity contribution in [2.75, 3.05) is 0 Å². The van der Waals surface area contributed by atoms with E-state index in [0.29, 0.717) is 5.92 Å². The molecule has 0 spiro atoms. The normalized spacial score (nSPS) is 11.5. The third kappa shape index (κ3) is 2.57. The molecule has 2 aromatic heterocycles. The highest BCUT2D eigenvalue weighted by Gasteiger charge is 2.08. The lowest BCUT2D eigenvalue weighted by molar-refractivity contribution is 0.506. The summed E-state index contributed by atoms with van der Waals surface area (Å²) in [7, 11) is 0. The van der Waals surface area contributed by atoms with E-state index in [0.717, 1.165) is 29.6 Å². The van der Waals surface area contributed by atoms with E-state index in [9.17, 15) is 4.79 Å². The molecule has 0 fully saturated rings. The van der Waals surface area contributed by atoms with E-state index in [-0.39, 0.29) is 5.56 Å². The Morgan fingerprint density at radius 2 is 2.24 bits per heavy atom. The first-order valence-electron chi connectivity index (χ1n) is 6.09. The molecule has 0 aliphatic heterocycles. The van der Waals surface area contributed by atoms with E-state index in [4.69, 9.17) is 0 Å². The van der Waals surface area contributed by atoms with Crippen molar-refractivity contribution in [2.45, 2.75) is 40.2 Å².